The molecule has 8 nitrogen and oxygen atoms in total. The van der Waals surface area contributed by atoms with Crippen LogP contribution in [0.3, 0.4) is 0 Å². The summed E-state index contributed by atoms with van der Waals surface area (Å²) in [5, 5.41) is -0.874. The second-order valence-corrected chi connectivity index (χ2v) is 7.48. The van der Waals surface area contributed by atoms with Gasteiger partial charge in [-0.1, -0.05) is 18.2 Å². The Kier molecular flexibility index (Phi) is 5.44. The molecule has 0 unspecified atom stereocenters. The van der Waals surface area contributed by atoms with Crippen LogP contribution in [0.1, 0.15) is 11.1 Å². The average molecular weight is 370 g/mol. The van der Waals surface area contributed by atoms with Crippen molar-refractivity contribution in [2.24, 2.45) is 0 Å². The van der Waals surface area contributed by atoms with Gasteiger partial charge in [0.05, 0.1) is 6.61 Å². The lowest BCUT2D eigenvalue weighted by Crippen LogP contribution is -2.13. The molecule has 0 atom stereocenters. The van der Waals surface area contributed by atoms with Crippen LogP contribution in [0.5, 0.6) is 0 Å². The van der Waals surface area contributed by atoms with E-state index >= 15 is 0 Å². The number of hydrogen-bond acceptors (Lipinski definition) is 7. The van der Waals surface area contributed by atoms with Gasteiger partial charge in [0.2, 0.25) is 0 Å². The molecule has 0 saturated carbocycles. The van der Waals surface area contributed by atoms with Crippen molar-refractivity contribution in [1.29, 1.82) is 0 Å². The fourth-order valence-corrected chi connectivity index (χ4v) is 3.68. The highest BCUT2D eigenvalue weighted by atomic mass is 32.2. The lowest BCUT2D eigenvalue weighted by molar-refractivity contribution is 0.354. The van der Waals surface area contributed by atoms with Gasteiger partial charge in [0.1, 0.15) is 0 Å². The van der Waals surface area contributed by atoms with Gasteiger partial charge in [-0.05, 0) is 23.3 Å². The van der Waals surface area contributed by atoms with Crippen LogP contribution in [0, 0.1) is 0 Å². The van der Waals surface area contributed by atoms with Crippen molar-refractivity contribution in [3.8, 4) is 0 Å². The van der Waals surface area contributed by atoms with Gasteiger partial charge in [-0.3, -0.25) is 8.74 Å². The minimum Gasteiger partial charge on any atom is -0.281 e. The molecule has 2 heterocycles. The van der Waals surface area contributed by atoms with E-state index in [9.17, 15) is 21.4 Å². The van der Waals surface area contributed by atoms with E-state index in [-0.39, 0.29) is 29.2 Å². The maximum Gasteiger partial charge on any atom is 0.315 e. The van der Waals surface area contributed by atoms with Gasteiger partial charge < -0.3 is 0 Å². The first-order chi connectivity index (χ1) is 11.3. The fourth-order valence-electron chi connectivity index (χ4n) is 1.97. The van der Waals surface area contributed by atoms with Crippen molar-refractivity contribution in [2.45, 2.75) is 16.5 Å². The molecule has 0 spiro atoms. The minimum atomic E-state index is -4.54. The van der Waals surface area contributed by atoms with Crippen LogP contribution in [0.25, 0.3) is 0 Å². The highest BCUT2D eigenvalue weighted by Crippen LogP contribution is 2.21. The Morgan fingerprint density at radius 2 is 1.58 bits per heavy atom. The third-order valence-electron chi connectivity index (χ3n) is 2.90. The van der Waals surface area contributed by atoms with E-state index in [0.29, 0.717) is 0 Å². The summed E-state index contributed by atoms with van der Waals surface area (Å²) >= 11 is 0. The van der Waals surface area contributed by atoms with E-state index in [4.69, 9.17) is 4.18 Å². The molecule has 10 heteroatoms. The van der Waals surface area contributed by atoms with Crippen molar-refractivity contribution in [3.63, 3.8) is 0 Å². The van der Waals surface area contributed by atoms with Crippen molar-refractivity contribution in [3.05, 3.63) is 60.4 Å². The van der Waals surface area contributed by atoms with Gasteiger partial charge in [0.15, 0.2) is 10.1 Å². The van der Waals surface area contributed by atoms with Gasteiger partial charge in [-0.2, -0.15) is 16.8 Å². The van der Waals surface area contributed by atoms with Gasteiger partial charge in [-0.25, -0.2) is 9.97 Å². The van der Waals surface area contributed by atoms with Gasteiger partial charge >= 0.3 is 20.2 Å². The zero-order valence-electron chi connectivity index (χ0n) is 12.4. The highest BCUT2D eigenvalue weighted by Gasteiger charge is 2.23. The molecule has 0 aliphatic heterocycles. The molecular formula is C14H14N2O6S2. The molecule has 0 radical (unpaired) electrons. The molecule has 0 aliphatic carbocycles. The van der Waals surface area contributed by atoms with Crippen LogP contribution in [0.2, 0.25) is 0 Å². The molecule has 2 aromatic heterocycles. The number of pyridine rings is 2. The van der Waals surface area contributed by atoms with E-state index in [2.05, 4.69) is 16.5 Å². The standard InChI is InChI=1S/C14H14N2O6S2/c1-2-9-22-24(20,21)14-12(6-4-8-16-14)10-11-5-3-7-15-13(11)23(17,18)19/h2-8H,1,9-10H2,(H,17,18,19). The van der Waals surface area contributed by atoms with E-state index in [0.717, 1.165) is 0 Å². The van der Waals surface area contributed by atoms with Crippen molar-refractivity contribution in [1.82, 2.24) is 9.97 Å². The maximum atomic E-state index is 12.2. The molecule has 0 aromatic carbocycles. The van der Waals surface area contributed by atoms with E-state index in [1.165, 1.54) is 42.7 Å². The highest BCUT2D eigenvalue weighted by molar-refractivity contribution is 7.86. The van der Waals surface area contributed by atoms with Crippen molar-refractivity contribution >= 4 is 20.2 Å². The summed E-state index contributed by atoms with van der Waals surface area (Å²) in [6.07, 6.45) is 3.64. The van der Waals surface area contributed by atoms with E-state index < -0.39 is 25.3 Å². The molecule has 0 fully saturated rings. The molecule has 0 bridgehead atoms. The minimum absolute atomic E-state index is 0.122. The van der Waals surface area contributed by atoms with Crippen LogP contribution in [-0.4, -0.2) is 38.0 Å². The molecule has 0 aliphatic rings. The average Bonchev–Trinajstić information content (AvgIpc) is 2.53. The third kappa shape index (κ3) is 4.23. The summed E-state index contributed by atoms with van der Waals surface area (Å²) in [6, 6.07) is 5.87. The molecule has 24 heavy (non-hydrogen) atoms. The van der Waals surface area contributed by atoms with Gasteiger partial charge in [0.25, 0.3) is 0 Å². The Labute approximate surface area is 139 Å². The Hall–Kier alpha value is -2.14. The number of rotatable bonds is 7. The summed E-state index contributed by atoms with van der Waals surface area (Å²) in [6.45, 7) is 3.15. The van der Waals surface area contributed by atoms with Crippen molar-refractivity contribution in [2.75, 3.05) is 6.61 Å². The van der Waals surface area contributed by atoms with E-state index in [1.54, 1.807) is 0 Å². The Morgan fingerprint density at radius 1 is 1.04 bits per heavy atom. The van der Waals surface area contributed by atoms with Crippen LogP contribution in [0.15, 0.2) is 59.4 Å². The topological polar surface area (TPSA) is 124 Å². The predicted octanol–water partition coefficient (Wildman–Crippen LogP) is 1.21. The molecule has 1 N–H and O–H groups in total. The molecule has 2 rings (SSSR count). The lowest BCUT2D eigenvalue weighted by atomic mass is 10.1. The normalized spacial score (nSPS) is 12.0. The number of aromatic nitrogens is 2. The quantitative estimate of drug-likeness (QED) is 0.438. The Bertz CT molecular complexity index is 955. The smallest absolute Gasteiger partial charge is 0.281 e. The van der Waals surface area contributed by atoms with Crippen LogP contribution in [0.4, 0.5) is 0 Å². The summed E-state index contributed by atoms with van der Waals surface area (Å²) in [4.78, 5) is 7.45. The molecule has 2 aromatic rings. The second-order valence-electron chi connectivity index (χ2n) is 4.61. The third-order valence-corrected chi connectivity index (χ3v) is 5.05. The first-order valence-corrected chi connectivity index (χ1v) is 9.46. The first-order valence-electron chi connectivity index (χ1n) is 6.61. The van der Waals surface area contributed by atoms with Crippen LogP contribution in [-0.2, 0) is 30.8 Å². The fraction of sp³-hybridized carbons (Fsp3) is 0.143. The van der Waals surface area contributed by atoms with Crippen LogP contribution >= 0.6 is 0 Å². The number of nitrogens with zero attached hydrogens (tertiary/aromatic N) is 2. The summed E-state index contributed by atoms with van der Waals surface area (Å²) in [7, 11) is -8.68. The molecule has 0 amide bonds. The summed E-state index contributed by atoms with van der Waals surface area (Å²) < 4.78 is 61.1. The Morgan fingerprint density at radius 3 is 2.12 bits per heavy atom. The van der Waals surface area contributed by atoms with Crippen molar-refractivity contribution < 1.29 is 25.6 Å². The largest absolute Gasteiger partial charge is 0.315 e. The molecular weight excluding hydrogens is 356 g/mol. The zero-order valence-corrected chi connectivity index (χ0v) is 14.0. The SMILES string of the molecule is C=CCOS(=O)(=O)c1ncccc1Cc1cccnc1S(=O)(=O)O. The number of hydrogen-bond donors (Lipinski definition) is 1. The maximum absolute atomic E-state index is 12.2. The molecule has 128 valence electrons. The summed E-state index contributed by atoms with van der Waals surface area (Å²) in [5.41, 5.74) is 0.340. The molecule has 0 saturated heterocycles. The van der Waals surface area contributed by atoms with E-state index in [1.807, 2.05) is 0 Å². The predicted molar refractivity (Wildman–Crippen MR) is 84.4 cm³/mol. The van der Waals surface area contributed by atoms with Gasteiger partial charge in [0, 0.05) is 18.8 Å². The zero-order chi connectivity index (χ0) is 17.8. The summed E-state index contributed by atoms with van der Waals surface area (Å²) in [5.74, 6) is 0. The monoisotopic (exact) mass is 370 g/mol. The Balaban J connectivity index is 2.49. The second kappa shape index (κ2) is 7.18. The first kappa shape index (κ1) is 18.2. The lowest BCUT2D eigenvalue weighted by Gasteiger charge is -2.10. The van der Waals surface area contributed by atoms with Crippen LogP contribution < -0.4 is 0 Å². The van der Waals surface area contributed by atoms with Gasteiger partial charge in [-0.15, -0.1) is 6.58 Å².